The molecule has 0 aliphatic rings. The van der Waals surface area contributed by atoms with Crippen molar-refractivity contribution in [1.82, 2.24) is 9.97 Å². The summed E-state index contributed by atoms with van der Waals surface area (Å²) in [5.41, 5.74) is 3.88. The van der Waals surface area contributed by atoms with Crippen LogP contribution in [0.15, 0.2) is 79.1 Å². The zero-order chi connectivity index (χ0) is 40.1. The number of carbonyl (C=O) groups excluding carboxylic acids is 2. The second-order valence-corrected chi connectivity index (χ2v) is 16.2. The van der Waals surface area contributed by atoms with Crippen molar-refractivity contribution >= 4 is 57.8 Å². The lowest BCUT2D eigenvalue weighted by Gasteiger charge is -2.20. The highest BCUT2D eigenvalue weighted by molar-refractivity contribution is 7.11. The molecule has 6 rings (SSSR count). The predicted octanol–water partition coefficient (Wildman–Crippen LogP) is 10.4. The minimum absolute atomic E-state index is 0.0523. The van der Waals surface area contributed by atoms with Crippen molar-refractivity contribution < 1.29 is 38.4 Å². The van der Waals surface area contributed by atoms with Gasteiger partial charge >= 0.3 is 11.9 Å². The van der Waals surface area contributed by atoms with Crippen LogP contribution in [0, 0.1) is 13.8 Å². The SMILES string of the molecule is COc1ccc(O)cc1-c1cc(Cl)cc(C(CC(=O)OC(=O)CC(c2cc(Cl)cc(-c3c(OC)ccc(OC)c3OC)c2)c2ncc(C)s2)c2ncc(C)s2)c1. The van der Waals surface area contributed by atoms with Gasteiger partial charge in [0.25, 0.3) is 0 Å². The van der Waals surface area contributed by atoms with Crippen LogP contribution >= 0.6 is 45.9 Å². The monoisotopic (exact) mass is 832 g/mol. The van der Waals surface area contributed by atoms with Crippen LogP contribution in [0.5, 0.6) is 28.7 Å². The Morgan fingerprint density at radius 3 is 1.66 bits per heavy atom. The van der Waals surface area contributed by atoms with Gasteiger partial charge in [0.15, 0.2) is 11.5 Å². The number of benzene rings is 4. The van der Waals surface area contributed by atoms with E-state index in [2.05, 4.69) is 9.97 Å². The number of nitrogens with zero attached hydrogens (tertiary/aromatic N) is 2. The first-order chi connectivity index (χ1) is 26.9. The molecule has 0 aliphatic carbocycles. The largest absolute Gasteiger partial charge is 0.508 e. The molecule has 2 heterocycles. The standard InChI is InChI=1S/C42H38Cl2N2O8S2/c1-22-20-45-41(55-22)32(25-11-24(13-28(43)14-25)31-17-30(47)7-8-34(31)50-3)18-37(48)54-38(49)19-33(42-46-21-23(2)56-42)26-12-27(16-29(44)15-26)39-35(51-4)9-10-36(52-5)40(39)53-6/h7-17,20-21,32-33,47H,18-19H2,1-6H3. The molecule has 1 N–H and O–H groups in total. The molecule has 290 valence electrons. The van der Waals surface area contributed by atoms with Gasteiger partial charge in [0.2, 0.25) is 0 Å². The minimum Gasteiger partial charge on any atom is -0.508 e. The second-order valence-electron chi connectivity index (χ2n) is 12.8. The smallest absolute Gasteiger partial charge is 0.314 e. The highest BCUT2D eigenvalue weighted by Crippen LogP contribution is 2.47. The van der Waals surface area contributed by atoms with E-state index in [1.807, 2.05) is 26.0 Å². The van der Waals surface area contributed by atoms with Gasteiger partial charge in [-0.15, -0.1) is 22.7 Å². The Morgan fingerprint density at radius 1 is 0.661 bits per heavy atom. The average Bonchev–Trinajstić information content (AvgIpc) is 3.82. The summed E-state index contributed by atoms with van der Waals surface area (Å²) in [6.07, 6.45) is 3.05. The van der Waals surface area contributed by atoms with Gasteiger partial charge in [0.05, 0.1) is 46.8 Å². The van der Waals surface area contributed by atoms with Crippen molar-refractivity contribution in [1.29, 1.82) is 0 Å². The molecule has 4 aromatic carbocycles. The van der Waals surface area contributed by atoms with Gasteiger partial charge < -0.3 is 28.8 Å². The van der Waals surface area contributed by atoms with Gasteiger partial charge in [-0.3, -0.25) is 9.59 Å². The van der Waals surface area contributed by atoms with Gasteiger partial charge in [-0.05, 0) is 90.7 Å². The number of methoxy groups -OCH3 is 4. The molecule has 0 saturated heterocycles. The van der Waals surface area contributed by atoms with Gasteiger partial charge in [0, 0.05) is 49.6 Å². The van der Waals surface area contributed by atoms with E-state index in [4.69, 9.17) is 46.9 Å². The number of aryl methyl sites for hydroxylation is 2. The molecular formula is C42H38Cl2N2O8S2. The zero-order valence-electron chi connectivity index (χ0n) is 31.3. The van der Waals surface area contributed by atoms with Crippen molar-refractivity contribution in [2.45, 2.75) is 38.5 Å². The fourth-order valence-corrected chi connectivity index (χ4v) is 8.80. The van der Waals surface area contributed by atoms with Crippen LogP contribution in [-0.2, 0) is 14.3 Å². The molecule has 2 atom stereocenters. The van der Waals surface area contributed by atoms with E-state index in [0.717, 1.165) is 9.75 Å². The maximum absolute atomic E-state index is 13.8. The fourth-order valence-electron chi connectivity index (χ4n) is 6.51. The molecule has 6 aromatic rings. The summed E-state index contributed by atoms with van der Waals surface area (Å²) in [5, 5.41) is 12.4. The molecule has 14 heteroatoms. The maximum atomic E-state index is 13.8. The summed E-state index contributed by atoms with van der Waals surface area (Å²) in [4.78, 5) is 38.6. The summed E-state index contributed by atoms with van der Waals surface area (Å²) in [6, 6.07) is 19.1. The minimum atomic E-state index is -0.740. The van der Waals surface area contributed by atoms with Crippen LogP contribution in [0.1, 0.15) is 55.6 Å². The third-order valence-electron chi connectivity index (χ3n) is 9.00. The van der Waals surface area contributed by atoms with Crippen LogP contribution in [0.3, 0.4) is 0 Å². The molecule has 2 aromatic heterocycles. The van der Waals surface area contributed by atoms with Crippen LogP contribution in [0.2, 0.25) is 10.0 Å². The lowest BCUT2D eigenvalue weighted by atomic mass is 9.92. The number of aromatic hydroxyl groups is 1. The predicted molar refractivity (Wildman–Crippen MR) is 219 cm³/mol. The Kier molecular flexibility index (Phi) is 12.9. The zero-order valence-corrected chi connectivity index (χ0v) is 34.5. The number of ether oxygens (including phenoxy) is 5. The summed E-state index contributed by atoms with van der Waals surface area (Å²) >= 11 is 16.3. The molecule has 0 saturated carbocycles. The quantitative estimate of drug-likeness (QED) is 0.0837. The van der Waals surface area contributed by atoms with E-state index >= 15 is 0 Å². The topological polar surface area (TPSA) is 126 Å². The van der Waals surface area contributed by atoms with Gasteiger partial charge in [-0.25, -0.2) is 9.97 Å². The summed E-state index contributed by atoms with van der Waals surface area (Å²) < 4.78 is 28.1. The van der Waals surface area contributed by atoms with Crippen molar-refractivity contribution in [3.63, 3.8) is 0 Å². The van der Waals surface area contributed by atoms with Crippen LogP contribution in [-0.4, -0.2) is 55.5 Å². The summed E-state index contributed by atoms with van der Waals surface area (Å²) in [5.74, 6) is -0.636. The molecule has 0 bridgehead atoms. The van der Waals surface area contributed by atoms with Crippen molar-refractivity contribution in [2.75, 3.05) is 28.4 Å². The molecule has 10 nitrogen and oxygen atoms in total. The average molecular weight is 834 g/mol. The lowest BCUT2D eigenvalue weighted by Crippen LogP contribution is -2.18. The van der Waals surface area contributed by atoms with E-state index in [9.17, 15) is 14.7 Å². The van der Waals surface area contributed by atoms with Crippen molar-refractivity contribution in [3.8, 4) is 51.0 Å². The number of halogens is 2. The molecule has 2 unspecified atom stereocenters. The molecular weight excluding hydrogens is 796 g/mol. The molecule has 0 aliphatic heterocycles. The molecule has 0 fully saturated rings. The van der Waals surface area contributed by atoms with E-state index in [-0.39, 0.29) is 18.6 Å². The summed E-state index contributed by atoms with van der Waals surface area (Å²) in [6.45, 7) is 3.84. The fraction of sp³-hybridized carbons (Fsp3) is 0.238. The Labute approximate surface area is 342 Å². The Hall–Kier alpha value is -5.14. The van der Waals surface area contributed by atoms with Crippen molar-refractivity contribution in [2.24, 2.45) is 0 Å². The number of hydrogen-bond acceptors (Lipinski definition) is 12. The van der Waals surface area contributed by atoms with E-state index in [1.165, 1.54) is 43.0 Å². The first-order valence-corrected chi connectivity index (χ1v) is 19.7. The van der Waals surface area contributed by atoms with Gasteiger partial charge in [-0.1, -0.05) is 35.3 Å². The lowest BCUT2D eigenvalue weighted by molar-refractivity contribution is -0.159. The van der Waals surface area contributed by atoms with E-state index < -0.39 is 23.8 Å². The Bertz CT molecular complexity index is 2390. The third kappa shape index (κ3) is 9.11. The molecule has 0 spiro atoms. The first-order valence-electron chi connectivity index (χ1n) is 17.3. The number of aromatic nitrogens is 2. The van der Waals surface area contributed by atoms with E-state index in [1.54, 1.807) is 75.1 Å². The third-order valence-corrected chi connectivity index (χ3v) is 11.5. The van der Waals surface area contributed by atoms with Crippen LogP contribution < -0.4 is 18.9 Å². The number of thiazole rings is 2. The van der Waals surface area contributed by atoms with Crippen molar-refractivity contribution in [3.05, 3.63) is 120 Å². The molecule has 0 amide bonds. The Morgan fingerprint density at radius 2 is 1.16 bits per heavy atom. The highest BCUT2D eigenvalue weighted by Gasteiger charge is 2.29. The van der Waals surface area contributed by atoms with Gasteiger partial charge in [0.1, 0.15) is 27.3 Å². The number of esters is 2. The number of hydrogen-bond donors (Lipinski definition) is 1. The number of phenolic OH excluding ortho intramolecular Hbond substituents is 1. The van der Waals surface area contributed by atoms with E-state index in [0.29, 0.717) is 76.4 Å². The normalized spacial score (nSPS) is 12.1. The van der Waals surface area contributed by atoms with Crippen LogP contribution in [0.4, 0.5) is 0 Å². The van der Waals surface area contributed by atoms with Gasteiger partial charge in [-0.2, -0.15) is 0 Å². The number of rotatable bonds is 14. The Balaban J connectivity index is 1.31. The summed E-state index contributed by atoms with van der Waals surface area (Å²) in [7, 11) is 6.18. The highest BCUT2D eigenvalue weighted by atomic mass is 35.5. The second kappa shape index (κ2) is 17.8. The molecule has 0 radical (unpaired) electrons. The first kappa shape index (κ1) is 40.5. The number of phenols is 1. The number of carbonyl (C=O) groups is 2. The molecule has 56 heavy (non-hydrogen) atoms. The maximum Gasteiger partial charge on any atom is 0.314 e. The van der Waals surface area contributed by atoms with Crippen LogP contribution in [0.25, 0.3) is 22.3 Å².